The fourth-order valence-corrected chi connectivity index (χ4v) is 6.28. The standard InChI is InChI=1S/C28H48N2O20/c1-7-15(36)19(40)21(42)27(44-7)50-24-20(41)16(37)10(4-31)46-28(24)48-22-12(6-33)47-26(13(18(22)39)29-8(2)34)49-23-14(30-9(3)35)25(43)45-11(5-32)17(23)38/h7,10-28,31-33,36-43H,4-6H2,1-3H3,(H,29,34)(H,30,35)/t7-,10+,11+,12+,13+,14+,15+,16-,17-,18+,19+,20-,21-,22+,23+,24+,25-,26-,27-,28-/m0/s1. The number of ether oxygens (including phenoxy) is 7. The van der Waals surface area contributed by atoms with Crippen LogP contribution < -0.4 is 10.6 Å². The molecular weight excluding hydrogens is 684 g/mol. The summed E-state index contributed by atoms with van der Waals surface area (Å²) >= 11 is 0. The minimum absolute atomic E-state index is 0.672. The van der Waals surface area contributed by atoms with Crippen molar-refractivity contribution in [1.82, 2.24) is 10.6 Å². The number of amides is 2. The number of rotatable bonds is 11. The molecule has 50 heavy (non-hydrogen) atoms. The van der Waals surface area contributed by atoms with Gasteiger partial charge in [-0.05, 0) is 6.92 Å². The van der Waals surface area contributed by atoms with Crippen molar-refractivity contribution in [2.24, 2.45) is 0 Å². The maximum atomic E-state index is 12.3. The number of aliphatic hydroxyl groups excluding tert-OH is 11. The second-order valence-corrected chi connectivity index (χ2v) is 12.6. The van der Waals surface area contributed by atoms with Crippen LogP contribution in [0.4, 0.5) is 0 Å². The number of aliphatic hydroxyl groups is 11. The van der Waals surface area contributed by atoms with Crippen molar-refractivity contribution < 1.29 is 98.9 Å². The van der Waals surface area contributed by atoms with Crippen LogP contribution in [0.25, 0.3) is 0 Å². The van der Waals surface area contributed by atoms with Gasteiger partial charge < -0.3 is 100.0 Å². The van der Waals surface area contributed by atoms with Crippen LogP contribution in [0.3, 0.4) is 0 Å². The van der Waals surface area contributed by atoms with E-state index < -0.39 is 154 Å². The van der Waals surface area contributed by atoms with Gasteiger partial charge in [-0.25, -0.2) is 0 Å². The first-order chi connectivity index (χ1) is 23.5. The summed E-state index contributed by atoms with van der Waals surface area (Å²) in [7, 11) is 0. The fraction of sp³-hybridized carbons (Fsp3) is 0.929. The topological polar surface area (TPSA) is 345 Å². The molecule has 13 N–H and O–H groups in total. The average Bonchev–Trinajstić information content (AvgIpc) is 3.07. The van der Waals surface area contributed by atoms with E-state index in [1.54, 1.807) is 0 Å². The summed E-state index contributed by atoms with van der Waals surface area (Å²) in [6.07, 6.45) is -30.2. The summed E-state index contributed by atoms with van der Waals surface area (Å²) in [4.78, 5) is 24.2. The summed E-state index contributed by atoms with van der Waals surface area (Å²) in [6, 6.07) is -3.05. The molecule has 22 heteroatoms. The van der Waals surface area contributed by atoms with E-state index in [-0.39, 0.29) is 0 Å². The van der Waals surface area contributed by atoms with E-state index in [2.05, 4.69) is 10.6 Å². The van der Waals surface area contributed by atoms with Gasteiger partial charge in [0.25, 0.3) is 0 Å². The first-order valence-electron chi connectivity index (χ1n) is 15.9. The van der Waals surface area contributed by atoms with E-state index in [1.165, 1.54) is 6.92 Å². The smallest absolute Gasteiger partial charge is 0.217 e. The number of carbonyl (C=O) groups is 2. The van der Waals surface area contributed by atoms with Gasteiger partial charge in [-0.15, -0.1) is 0 Å². The number of hydrogen-bond acceptors (Lipinski definition) is 20. The zero-order valence-corrected chi connectivity index (χ0v) is 27.3. The van der Waals surface area contributed by atoms with Crippen molar-refractivity contribution in [2.45, 2.75) is 143 Å². The van der Waals surface area contributed by atoms with Crippen LogP contribution in [0.2, 0.25) is 0 Å². The minimum atomic E-state index is -1.93. The molecule has 0 saturated carbocycles. The van der Waals surface area contributed by atoms with Crippen molar-refractivity contribution in [1.29, 1.82) is 0 Å². The molecule has 0 aromatic rings. The predicted octanol–water partition coefficient (Wildman–Crippen LogP) is -8.43. The largest absolute Gasteiger partial charge is 0.394 e. The van der Waals surface area contributed by atoms with Crippen LogP contribution in [0, 0.1) is 0 Å². The van der Waals surface area contributed by atoms with Gasteiger partial charge in [-0.2, -0.15) is 0 Å². The average molecular weight is 733 g/mol. The Kier molecular flexibility index (Phi) is 14.2. The second-order valence-electron chi connectivity index (χ2n) is 12.6. The van der Waals surface area contributed by atoms with Crippen molar-refractivity contribution >= 4 is 11.8 Å². The highest BCUT2D eigenvalue weighted by molar-refractivity contribution is 5.73. The SMILES string of the molecule is CC(=O)N[C@@H]1[C@@H](O[C@@H]2O[C@H](CO)[C@@H](O[C@@H]3O[C@H](CO)[C@H](O)[C@H](O)[C@H]3O[C@@H]3O[C@@H](C)[C@@H](O)[C@@H](O)[C@@H]3O)[C@H](O)[C@H]2NC(C)=O)[C@@H](O)[C@@H](CO)O[C@@H]1O. The molecule has 4 rings (SSSR count). The Morgan fingerprint density at radius 1 is 0.520 bits per heavy atom. The third-order valence-corrected chi connectivity index (χ3v) is 8.97. The third-order valence-electron chi connectivity index (χ3n) is 8.97. The van der Waals surface area contributed by atoms with Crippen molar-refractivity contribution in [3.8, 4) is 0 Å². The number of carbonyl (C=O) groups excluding carboxylic acids is 2. The van der Waals surface area contributed by atoms with Gasteiger partial charge in [-0.3, -0.25) is 9.59 Å². The quantitative estimate of drug-likeness (QED) is 0.0938. The first-order valence-corrected chi connectivity index (χ1v) is 15.9. The lowest BCUT2D eigenvalue weighted by atomic mass is 9.94. The zero-order chi connectivity index (χ0) is 37.2. The van der Waals surface area contributed by atoms with Gasteiger partial charge in [0.2, 0.25) is 11.8 Å². The molecular formula is C28H48N2O20. The monoisotopic (exact) mass is 732 g/mol. The van der Waals surface area contributed by atoms with Crippen LogP contribution in [0.1, 0.15) is 20.8 Å². The summed E-state index contributed by atoms with van der Waals surface area (Å²) in [5.74, 6) is -1.41. The van der Waals surface area contributed by atoms with E-state index >= 15 is 0 Å². The highest BCUT2D eigenvalue weighted by atomic mass is 16.8. The molecule has 4 aliphatic heterocycles. The first kappa shape index (κ1) is 41.0. The van der Waals surface area contributed by atoms with Crippen molar-refractivity contribution in [2.75, 3.05) is 19.8 Å². The minimum Gasteiger partial charge on any atom is -0.394 e. The fourth-order valence-electron chi connectivity index (χ4n) is 6.28. The molecule has 0 aliphatic carbocycles. The van der Waals surface area contributed by atoms with Crippen molar-refractivity contribution in [3.05, 3.63) is 0 Å². The lowest BCUT2D eigenvalue weighted by Crippen LogP contribution is -2.70. The lowest BCUT2D eigenvalue weighted by molar-refractivity contribution is -0.385. The van der Waals surface area contributed by atoms with Crippen LogP contribution in [-0.2, 0) is 42.7 Å². The van der Waals surface area contributed by atoms with Crippen LogP contribution >= 0.6 is 0 Å². The maximum Gasteiger partial charge on any atom is 0.217 e. The van der Waals surface area contributed by atoms with E-state index in [9.17, 15) is 65.8 Å². The molecule has 0 aromatic heterocycles. The van der Waals surface area contributed by atoms with Gasteiger partial charge in [0.05, 0.1) is 25.9 Å². The van der Waals surface area contributed by atoms with Gasteiger partial charge in [0.1, 0.15) is 91.4 Å². The Bertz CT molecular complexity index is 1130. The van der Waals surface area contributed by atoms with E-state index in [0.29, 0.717) is 0 Å². The molecule has 4 saturated heterocycles. The molecule has 0 aromatic carbocycles. The van der Waals surface area contributed by atoms with Crippen LogP contribution in [0.15, 0.2) is 0 Å². The summed E-state index contributed by atoms with van der Waals surface area (Å²) < 4.78 is 39.6. The van der Waals surface area contributed by atoms with Gasteiger partial charge in [-0.1, -0.05) is 0 Å². The second kappa shape index (κ2) is 17.4. The highest BCUT2D eigenvalue weighted by Crippen LogP contribution is 2.34. The molecule has 0 radical (unpaired) electrons. The van der Waals surface area contributed by atoms with E-state index in [4.69, 9.17) is 33.2 Å². The number of nitrogens with one attached hydrogen (secondary N) is 2. The Hall–Kier alpha value is -1.78. The Balaban J connectivity index is 1.62. The molecule has 0 spiro atoms. The molecule has 0 bridgehead atoms. The summed E-state index contributed by atoms with van der Waals surface area (Å²) in [5.41, 5.74) is 0. The van der Waals surface area contributed by atoms with Crippen LogP contribution in [0.5, 0.6) is 0 Å². The van der Waals surface area contributed by atoms with Gasteiger partial charge in [0.15, 0.2) is 25.2 Å². The maximum absolute atomic E-state index is 12.3. The number of hydrogen-bond donors (Lipinski definition) is 13. The molecule has 4 fully saturated rings. The molecule has 4 aliphatic rings. The Morgan fingerprint density at radius 3 is 1.62 bits per heavy atom. The van der Waals surface area contributed by atoms with Gasteiger partial charge in [0, 0.05) is 13.8 Å². The Labute approximate surface area is 285 Å². The zero-order valence-electron chi connectivity index (χ0n) is 27.3. The molecule has 22 nitrogen and oxygen atoms in total. The van der Waals surface area contributed by atoms with Crippen molar-refractivity contribution in [3.63, 3.8) is 0 Å². The molecule has 2 amide bonds. The van der Waals surface area contributed by atoms with Crippen LogP contribution in [-0.4, -0.2) is 211 Å². The van der Waals surface area contributed by atoms with E-state index in [1.807, 2.05) is 0 Å². The normalized spacial score (nSPS) is 48.5. The molecule has 20 atom stereocenters. The Morgan fingerprint density at radius 2 is 1.04 bits per heavy atom. The molecule has 290 valence electrons. The molecule has 4 heterocycles. The van der Waals surface area contributed by atoms with E-state index in [0.717, 1.165) is 13.8 Å². The highest BCUT2D eigenvalue weighted by Gasteiger charge is 2.55. The summed E-state index contributed by atoms with van der Waals surface area (Å²) in [5, 5.41) is 120. The third kappa shape index (κ3) is 8.70. The summed E-state index contributed by atoms with van der Waals surface area (Å²) in [6.45, 7) is 0.987. The van der Waals surface area contributed by atoms with Gasteiger partial charge >= 0.3 is 0 Å². The molecule has 0 unspecified atom stereocenters. The predicted molar refractivity (Wildman–Crippen MR) is 156 cm³/mol. The lowest BCUT2D eigenvalue weighted by Gasteiger charge is -2.50.